The van der Waals surface area contributed by atoms with Gasteiger partial charge in [-0.05, 0) is 31.7 Å². The quantitative estimate of drug-likeness (QED) is 0.682. The summed E-state index contributed by atoms with van der Waals surface area (Å²) in [5, 5.41) is 9.52. The Morgan fingerprint density at radius 1 is 1.37 bits per heavy atom. The Balaban J connectivity index is 1.73. The van der Waals surface area contributed by atoms with Crippen molar-refractivity contribution >= 4 is 17.7 Å². The van der Waals surface area contributed by atoms with Crippen LogP contribution in [0.25, 0.3) is 11.4 Å². The van der Waals surface area contributed by atoms with Crippen molar-refractivity contribution < 1.29 is 9.53 Å². The van der Waals surface area contributed by atoms with Crippen LogP contribution in [0.5, 0.6) is 0 Å². The lowest BCUT2D eigenvalue weighted by Gasteiger charge is -2.30. The first-order valence-corrected chi connectivity index (χ1v) is 10.5. The van der Waals surface area contributed by atoms with Crippen molar-refractivity contribution in [2.24, 2.45) is 5.92 Å². The second-order valence-electron chi connectivity index (χ2n) is 7.20. The molecule has 1 aliphatic heterocycles. The minimum Gasteiger partial charge on any atom is -0.383 e. The van der Waals surface area contributed by atoms with E-state index >= 15 is 0 Å². The Hall–Kier alpha value is -1.86. The van der Waals surface area contributed by atoms with Crippen molar-refractivity contribution in [1.29, 1.82) is 0 Å². The zero-order valence-electron chi connectivity index (χ0n) is 16.4. The number of nitrogens with zero attached hydrogens (tertiary/aromatic N) is 4. The molecule has 6 nitrogen and oxygen atoms in total. The number of benzene rings is 1. The fourth-order valence-corrected chi connectivity index (χ4v) is 4.28. The summed E-state index contributed by atoms with van der Waals surface area (Å²) in [5.41, 5.74) is 2.21. The van der Waals surface area contributed by atoms with E-state index < -0.39 is 0 Å². The van der Waals surface area contributed by atoms with Crippen LogP contribution in [0.3, 0.4) is 0 Å². The maximum Gasteiger partial charge on any atom is 0.233 e. The van der Waals surface area contributed by atoms with Crippen LogP contribution in [0, 0.1) is 12.8 Å². The highest BCUT2D eigenvalue weighted by Gasteiger charge is 2.22. The number of amides is 1. The fourth-order valence-electron chi connectivity index (χ4n) is 3.41. The van der Waals surface area contributed by atoms with Gasteiger partial charge < -0.3 is 9.64 Å². The monoisotopic (exact) mass is 388 g/mol. The SMILES string of the molecule is COCCn1c(SCC(=O)N2CCCC(C)C2)nnc1-c1cccc(C)c1. The molecule has 0 N–H and O–H groups in total. The van der Waals surface area contributed by atoms with Gasteiger partial charge in [-0.25, -0.2) is 0 Å². The summed E-state index contributed by atoms with van der Waals surface area (Å²) in [4.78, 5) is 14.6. The molecule has 0 saturated carbocycles. The molecule has 3 rings (SSSR count). The predicted molar refractivity (Wildman–Crippen MR) is 108 cm³/mol. The third-order valence-corrected chi connectivity index (χ3v) is 5.80. The zero-order chi connectivity index (χ0) is 19.2. The van der Waals surface area contributed by atoms with Gasteiger partial charge in [-0.1, -0.05) is 42.4 Å². The maximum atomic E-state index is 12.6. The molecule has 2 heterocycles. The van der Waals surface area contributed by atoms with Crippen molar-refractivity contribution in [3.05, 3.63) is 29.8 Å². The number of carbonyl (C=O) groups is 1. The Labute approximate surface area is 165 Å². The van der Waals surface area contributed by atoms with Crippen LogP contribution in [0.4, 0.5) is 0 Å². The molecular weight excluding hydrogens is 360 g/mol. The van der Waals surface area contributed by atoms with E-state index in [9.17, 15) is 4.79 Å². The van der Waals surface area contributed by atoms with Crippen LogP contribution in [0.15, 0.2) is 29.4 Å². The van der Waals surface area contributed by atoms with Gasteiger partial charge in [0.2, 0.25) is 5.91 Å². The van der Waals surface area contributed by atoms with Crippen LogP contribution in [-0.2, 0) is 16.1 Å². The first-order valence-electron chi connectivity index (χ1n) is 9.48. The number of methoxy groups -OCH3 is 1. The van der Waals surface area contributed by atoms with Gasteiger partial charge in [-0.15, -0.1) is 10.2 Å². The second-order valence-corrected chi connectivity index (χ2v) is 8.14. The molecule has 0 bridgehead atoms. The van der Waals surface area contributed by atoms with Crippen molar-refractivity contribution in [2.75, 3.05) is 32.6 Å². The molecule has 1 unspecified atom stereocenters. The van der Waals surface area contributed by atoms with Gasteiger partial charge in [0.05, 0.1) is 18.9 Å². The zero-order valence-corrected chi connectivity index (χ0v) is 17.2. The van der Waals surface area contributed by atoms with E-state index in [4.69, 9.17) is 4.74 Å². The summed E-state index contributed by atoms with van der Waals surface area (Å²) in [5.74, 6) is 1.99. The molecule has 2 aromatic rings. The highest BCUT2D eigenvalue weighted by atomic mass is 32.2. The number of aryl methyl sites for hydroxylation is 1. The number of aromatic nitrogens is 3. The summed E-state index contributed by atoms with van der Waals surface area (Å²) < 4.78 is 7.31. The third-order valence-electron chi connectivity index (χ3n) is 4.85. The van der Waals surface area contributed by atoms with Crippen molar-refractivity contribution in [2.45, 2.75) is 38.4 Å². The normalized spacial score (nSPS) is 17.3. The molecule has 1 aromatic heterocycles. The minimum atomic E-state index is 0.185. The predicted octanol–water partition coefficient (Wildman–Crippen LogP) is 3.25. The molecule has 1 amide bonds. The molecule has 1 saturated heterocycles. The standard InChI is InChI=1S/C20H28N4O2S/c1-15-6-4-8-17(12-15)19-21-22-20(24(19)10-11-26-3)27-14-18(25)23-9-5-7-16(2)13-23/h4,6,8,12,16H,5,7,9-11,13-14H2,1-3H3. The molecule has 27 heavy (non-hydrogen) atoms. The largest absolute Gasteiger partial charge is 0.383 e. The topological polar surface area (TPSA) is 60.2 Å². The molecule has 1 atom stereocenters. The lowest BCUT2D eigenvalue weighted by atomic mass is 10.0. The number of ether oxygens (including phenoxy) is 1. The van der Waals surface area contributed by atoms with E-state index in [1.807, 2.05) is 17.0 Å². The smallest absolute Gasteiger partial charge is 0.233 e. The average molecular weight is 389 g/mol. The van der Waals surface area contributed by atoms with Crippen molar-refractivity contribution in [3.8, 4) is 11.4 Å². The first-order chi connectivity index (χ1) is 13.1. The van der Waals surface area contributed by atoms with E-state index in [0.717, 1.165) is 36.1 Å². The van der Waals surface area contributed by atoms with E-state index in [-0.39, 0.29) is 5.91 Å². The van der Waals surface area contributed by atoms with E-state index in [2.05, 4.69) is 40.7 Å². The highest BCUT2D eigenvalue weighted by molar-refractivity contribution is 7.99. The summed E-state index contributed by atoms with van der Waals surface area (Å²) in [6.07, 6.45) is 2.31. The van der Waals surface area contributed by atoms with Gasteiger partial charge in [0, 0.05) is 25.8 Å². The van der Waals surface area contributed by atoms with Gasteiger partial charge in [-0.3, -0.25) is 9.36 Å². The van der Waals surface area contributed by atoms with Crippen LogP contribution in [0.1, 0.15) is 25.3 Å². The van der Waals surface area contributed by atoms with Gasteiger partial charge in [-0.2, -0.15) is 0 Å². The van der Waals surface area contributed by atoms with Gasteiger partial charge in [0.25, 0.3) is 0 Å². The Kier molecular flexibility index (Phi) is 6.90. The van der Waals surface area contributed by atoms with Crippen LogP contribution < -0.4 is 0 Å². The number of thioether (sulfide) groups is 1. The number of piperidine rings is 1. The Morgan fingerprint density at radius 2 is 2.22 bits per heavy atom. The molecule has 0 radical (unpaired) electrons. The van der Waals surface area contributed by atoms with Crippen molar-refractivity contribution in [1.82, 2.24) is 19.7 Å². The molecule has 0 spiro atoms. The lowest BCUT2D eigenvalue weighted by Crippen LogP contribution is -2.40. The molecule has 1 aromatic carbocycles. The lowest BCUT2D eigenvalue weighted by molar-refractivity contribution is -0.130. The fraction of sp³-hybridized carbons (Fsp3) is 0.550. The molecule has 0 aliphatic carbocycles. The Bertz CT molecular complexity index is 777. The van der Waals surface area contributed by atoms with Gasteiger partial charge in [0.15, 0.2) is 11.0 Å². The van der Waals surface area contributed by atoms with Crippen LogP contribution in [0.2, 0.25) is 0 Å². The number of hydrogen-bond donors (Lipinski definition) is 0. The molecule has 7 heteroatoms. The number of hydrogen-bond acceptors (Lipinski definition) is 5. The molecule has 1 aliphatic rings. The highest BCUT2D eigenvalue weighted by Crippen LogP contribution is 2.25. The van der Waals surface area contributed by atoms with E-state index in [1.165, 1.54) is 23.7 Å². The Morgan fingerprint density at radius 3 is 2.96 bits per heavy atom. The summed E-state index contributed by atoms with van der Waals surface area (Å²) in [7, 11) is 1.69. The van der Waals surface area contributed by atoms with Crippen LogP contribution >= 0.6 is 11.8 Å². The first kappa shape index (κ1) is 19.9. The molecule has 146 valence electrons. The number of carbonyl (C=O) groups excluding carboxylic acids is 1. The second kappa shape index (κ2) is 9.37. The summed E-state index contributed by atoms with van der Waals surface area (Å²) in [6.45, 7) is 7.24. The van der Waals surface area contributed by atoms with Gasteiger partial charge >= 0.3 is 0 Å². The van der Waals surface area contributed by atoms with E-state index in [1.54, 1.807) is 7.11 Å². The minimum absolute atomic E-state index is 0.185. The number of likely N-dealkylation sites (tertiary alicyclic amines) is 1. The van der Waals surface area contributed by atoms with Crippen molar-refractivity contribution in [3.63, 3.8) is 0 Å². The van der Waals surface area contributed by atoms with E-state index in [0.29, 0.717) is 24.8 Å². The average Bonchev–Trinajstić information content (AvgIpc) is 3.07. The molecular formula is C20H28N4O2S. The third kappa shape index (κ3) is 5.11. The summed E-state index contributed by atoms with van der Waals surface area (Å²) >= 11 is 1.46. The molecule has 1 fully saturated rings. The maximum absolute atomic E-state index is 12.6. The number of rotatable bonds is 7. The summed E-state index contributed by atoms with van der Waals surface area (Å²) in [6, 6.07) is 8.22. The van der Waals surface area contributed by atoms with Gasteiger partial charge in [0.1, 0.15) is 0 Å². The van der Waals surface area contributed by atoms with Crippen LogP contribution in [-0.4, -0.2) is 58.1 Å².